The Morgan fingerprint density at radius 1 is 1.06 bits per heavy atom. The minimum Gasteiger partial charge on any atom is -0.352 e. The molecule has 0 radical (unpaired) electrons. The van der Waals surface area contributed by atoms with Crippen molar-refractivity contribution in [3.8, 4) is 0 Å². The molecule has 0 aliphatic heterocycles. The number of nitrogens with one attached hydrogen (secondary N) is 1. The molecule has 180 valence electrons. The van der Waals surface area contributed by atoms with Crippen molar-refractivity contribution in [2.45, 2.75) is 52.7 Å². The lowest BCUT2D eigenvalue weighted by atomic mass is 10.1. The summed E-state index contributed by atoms with van der Waals surface area (Å²) in [6.45, 7) is 7.22. The molecule has 0 bridgehead atoms. The molecule has 0 saturated carbocycles. The lowest BCUT2D eigenvalue weighted by molar-refractivity contribution is -0.140. The monoisotopic (exact) mass is 493 g/mol. The maximum atomic E-state index is 13.6. The minimum atomic E-state index is -3.77. The second-order valence-corrected chi connectivity index (χ2v) is 10.6. The highest BCUT2D eigenvalue weighted by atomic mass is 35.5. The molecule has 1 atom stereocenters. The normalized spacial score (nSPS) is 12.3. The zero-order valence-electron chi connectivity index (χ0n) is 19.7. The molecule has 2 rings (SSSR count). The Morgan fingerprint density at radius 3 is 2.18 bits per heavy atom. The van der Waals surface area contributed by atoms with Gasteiger partial charge in [-0.05, 0) is 62.6 Å². The third kappa shape index (κ3) is 7.47. The number of hydrogen-bond acceptors (Lipinski definition) is 4. The van der Waals surface area contributed by atoms with Gasteiger partial charge in [0.1, 0.15) is 12.6 Å². The van der Waals surface area contributed by atoms with Crippen LogP contribution in [0.15, 0.2) is 48.5 Å². The SMILES string of the molecule is CCC(C(=O)NC(C)C)N(Cc1ccccc1C)C(=O)CN(c1ccc(Cl)cc1)S(C)(=O)=O. The Kier molecular flexibility index (Phi) is 9.31. The van der Waals surface area contributed by atoms with Crippen molar-refractivity contribution in [1.82, 2.24) is 10.2 Å². The average molecular weight is 494 g/mol. The molecule has 0 aromatic heterocycles. The highest BCUT2D eigenvalue weighted by molar-refractivity contribution is 7.92. The van der Waals surface area contributed by atoms with Gasteiger partial charge in [0.15, 0.2) is 0 Å². The zero-order chi connectivity index (χ0) is 24.8. The molecule has 1 unspecified atom stereocenters. The van der Waals surface area contributed by atoms with Crippen molar-refractivity contribution in [3.05, 3.63) is 64.7 Å². The Bertz CT molecular complexity index is 1070. The highest BCUT2D eigenvalue weighted by Crippen LogP contribution is 2.22. The number of benzene rings is 2. The van der Waals surface area contributed by atoms with Crippen LogP contribution in [-0.4, -0.2) is 50.0 Å². The lowest BCUT2D eigenvalue weighted by Crippen LogP contribution is -2.53. The number of hydrogen-bond donors (Lipinski definition) is 1. The number of nitrogens with zero attached hydrogens (tertiary/aromatic N) is 2. The summed E-state index contributed by atoms with van der Waals surface area (Å²) in [6.07, 6.45) is 1.43. The summed E-state index contributed by atoms with van der Waals surface area (Å²) in [5, 5.41) is 3.33. The van der Waals surface area contributed by atoms with E-state index in [1.54, 1.807) is 24.3 Å². The Morgan fingerprint density at radius 2 is 1.67 bits per heavy atom. The number of carbonyl (C=O) groups is 2. The Hall–Kier alpha value is -2.58. The summed E-state index contributed by atoms with van der Waals surface area (Å²) in [5.41, 5.74) is 2.19. The molecule has 33 heavy (non-hydrogen) atoms. The molecule has 9 heteroatoms. The Labute approximate surface area is 201 Å². The van der Waals surface area contributed by atoms with Crippen LogP contribution in [0.3, 0.4) is 0 Å². The summed E-state index contributed by atoms with van der Waals surface area (Å²) >= 11 is 5.94. The first kappa shape index (κ1) is 26.7. The van der Waals surface area contributed by atoms with Crippen LogP contribution in [0.4, 0.5) is 5.69 Å². The van der Waals surface area contributed by atoms with E-state index in [0.717, 1.165) is 21.7 Å². The van der Waals surface area contributed by atoms with E-state index in [4.69, 9.17) is 11.6 Å². The third-order valence-corrected chi connectivity index (χ3v) is 6.61. The van der Waals surface area contributed by atoms with Crippen molar-refractivity contribution in [2.24, 2.45) is 0 Å². The molecule has 0 saturated heterocycles. The lowest BCUT2D eigenvalue weighted by Gasteiger charge is -2.33. The molecule has 0 heterocycles. The molecule has 2 aromatic carbocycles. The summed E-state index contributed by atoms with van der Waals surface area (Å²) in [4.78, 5) is 28.0. The molecular formula is C24H32ClN3O4S. The van der Waals surface area contributed by atoms with Crippen molar-refractivity contribution < 1.29 is 18.0 Å². The van der Waals surface area contributed by atoms with Gasteiger partial charge in [-0.3, -0.25) is 13.9 Å². The number of halogens is 1. The first-order valence-corrected chi connectivity index (χ1v) is 13.0. The van der Waals surface area contributed by atoms with Crippen LogP contribution >= 0.6 is 11.6 Å². The van der Waals surface area contributed by atoms with Gasteiger partial charge in [0.25, 0.3) is 0 Å². The van der Waals surface area contributed by atoms with E-state index in [1.807, 2.05) is 52.0 Å². The molecule has 2 aromatic rings. The summed E-state index contributed by atoms with van der Waals surface area (Å²) in [7, 11) is -3.77. The number of carbonyl (C=O) groups excluding carboxylic acids is 2. The van der Waals surface area contributed by atoms with Gasteiger partial charge in [-0.1, -0.05) is 42.8 Å². The molecule has 7 nitrogen and oxygen atoms in total. The average Bonchev–Trinajstić information content (AvgIpc) is 2.72. The number of amides is 2. The number of rotatable bonds is 10. The van der Waals surface area contributed by atoms with E-state index in [0.29, 0.717) is 17.1 Å². The molecule has 0 aliphatic rings. The summed E-state index contributed by atoms with van der Waals surface area (Å²) in [5.74, 6) is -0.740. The van der Waals surface area contributed by atoms with Gasteiger partial charge in [0, 0.05) is 17.6 Å². The number of aryl methyl sites for hydroxylation is 1. The first-order chi connectivity index (χ1) is 15.4. The predicted molar refractivity (Wildman–Crippen MR) is 133 cm³/mol. The highest BCUT2D eigenvalue weighted by Gasteiger charge is 2.32. The maximum absolute atomic E-state index is 13.6. The van der Waals surface area contributed by atoms with Gasteiger partial charge < -0.3 is 10.2 Å². The van der Waals surface area contributed by atoms with E-state index in [-0.39, 0.29) is 18.5 Å². The van der Waals surface area contributed by atoms with Crippen LogP contribution in [-0.2, 0) is 26.2 Å². The van der Waals surface area contributed by atoms with Gasteiger partial charge in [0.2, 0.25) is 21.8 Å². The van der Waals surface area contributed by atoms with E-state index in [2.05, 4.69) is 5.32 Å². The molecule has 2 amide bonds. The fourth-order valence-corrected chi connectivity index (χ4v) is 4.47. The molecule has 0 aliphatic carbocycles. The van der Waals surface area contributed by atoms with Gasteiger partial charge in [-0.15, -0.1) is 0 Å². The smallest absolute Gasteiger partial charge is 0.244 e. The van der Waals surface area contributed by atoms with Crippen LogP contribution in [0.2, 0.25) is 5.02 Å². The van der Waals surface area contributed by atoms with E-state index < -0.39 is 28.5 Å². The second-order valence-electron chi connectivity index (χ2n) is 8.28. The topological polar surface area (TPSA) is 86.8 Å². The molecule has 0 spiro atoms. The van der Waals surface area contributed by atoms with Crippen molar-refractivity contribution in [3.63, 3.8) is 0 Å². The number of anilines is 1. The predicted octanol–water partition coefficient (Wildman–Crippen LogP) is 3.75. The summed E-state index contributed by atoms with van der Waals surface area (Å²) in [6, 6.07) is 13.0. The van der Waals surface area contributed by atoms with Crippen molar-refractivity contribution >= 4 is 39.1 Å². The molecule has 0 fully saturated rings. The fraction of sp³-hybridized carbons (Fsp3) is 0.417. The van der Waals surface area contributed by atoms with Crippen LogP contribution < -0.4 is 9.62 Å². The van der Waals surface area contributed by atoms with Crippen molar-refractivity contribution in [1.29, 1.82) is 0 Å². The zero-order valence-corrected chi connectivity index (χ0v) is 21.3. The van der Waals surface area contributed by atoms with Crippen molar-refractivity contribution in [2.75, 3.05) is 17.1 Å². The first-order valence-electron chi connectivity index (χ1n) is 10.8. The minimum absolute atomic E-state index is 0.0939. The van der Waals surface area contributed by atoms with Crippen LogP contribution in [0.1, 0.15) is 38.3 Å². The van der Waals surface area contributed by atoms with Gasteiger partial charge in [-0.25, -0.2) is 8.42 Å². The van der Waals surface area contributed by atoms with Crippen LogP contribution in [0.25, 0.3) is 0 Å². The van der Waals surface area contributed by atoms with Gasteiger partial charge in [0.05, 0.1) is 11.9 Å². The standard InChI is InChI=1S/C24H32ClN3O4S/c1-6-22(24(30)26-17(2)3)27(15-19-10-8-7-9-18(19)4)23(29)16-28(33(5,31)32)21-13-11-20(25)12-14-21/h7-14,17,22H,6,15-16H2,1-5H3,(H,26,30). The van der Waals surface area contributed by atoms with Crippen LogP contribution in [0.5, 0.6) is 0 Å². The van der Waals surface area contributed by atoms with E-state index >= 15 is 0 Å². The van der Waals surface area contributed by atoms with E-state index in [1.165, 1.54) is 4.90 Å². The largest absolute Gasteiger partial charge is 0.352 e. The van der Waals surface area contributed by atoms with Crippen LogP contribution in [0, 0.1) is 6.92 Å². The van der Waals surface area contributed by atoms with E-state index in [9.17, 15) is 18.0 Å². The summed E-state index contributed by atoms with van der Waals surface area (Å²) < 4.78 is 26.1. The fourth-order valence-electron chi connectivity index (χ4n) is 3.49. The Balaban J connectivity index is 2.44. The van der Waals surface area contributed by atoms with Gasteiger partial charge >= 0.3 is 0 Å². The van der Waals surface area contributed by atoms with Gasteiger partial charge in [-0.2, -0.15) is 0 Å². The molecule has 1 N–H and O–H groups in total. The quantitative estimate of drug-likeness (QED) is 0.546. The second kappa shape index (κ2) is 11.5. The molecular weight excluding hydrogens is 462 g/mol. The third-order valence-electron chi connectivity index (χ3n) is 5.21. The maximum Gasteiger partial charge on any atom is 0.244 e. The number of sulfonamides is 1.